The molecule has 4 nitrogen and oxygen atoms in total. The van der Waals surface area contributed by atoms with Crippen LogP contribution >= 0.6 is 0 Å². The summed E-state index contributed by atoms with van der Waals surface area (Å²) in [5.41, 5.74) is 6.56. The van der Waals surface area contributed by atoms with Gasteiger partial charge in [-0.25, -0.2) is 4.39 Å². The summed E-state index contributed by atoms with van der Waals surface area (Å²) in [4.78, 5) is 14.4. The normalized spacial score (nSPS) is 23.6. The molecule has 0 unspecified atom stereocenters. The molecule has 5 heteroatoms. The molecular formula is C16H19FN2O2. The number of halogens is 1. The number of carbonyl (C=O) groups excluding carboxylic acids is 1. The van der Waals surface area contributed by atoms with Crippen molar-refractivity contribution < 1.29 is 13.9 Å². The highest BCUT2D eigenvalue weighted by Crippen LogP contribution is 2.48. The molecule has 1 spiro atoms. The van der Waals surface area contributed by atoms with Crippen molar-refractivity contribution in [2.24, 2.45) is 11.1 Å². The van der Waals surface area contributed by atoms with Crippen molar-refractivity contribution in [2.75, 3.05) is 13.1 Å². The third-order valence-corrected chi connectivity index (χ3v) is 4.72. The first kappa shape index (κ1) is 13.1. The lowest BCUT2D eigenvalue weighted by Crippen LogP contribution is -2.66. The fraction of sp³-hybridized carbons (Fsp3) is 0.562. The zero-order valence-electron chi connectivity index (χ0n) is 11.8. The Morgan fingerprint density at radius 1 is 1.33 bits per heavy atom. The number of ether oxygens (including phenoxy) is 1. The second-order valence-corrected chi connectivity index (χ2v) is 6.79. The van der Waals surface area contributed by atoms with Crippen molar-refractivity contribution >= 4 is 5.91 Å². The van der Waals surface area contributed by atoms with Crippen molar-refractivity contribution in [2.45, 2.75) is 37.8 Å². The van der Waals surface area contributed by atoms with E-state index < -0.39 is 0 Å². The van der Waals surface area contributed by atoms with Crippen molar-refractivity contribution in [1.29, 1.82) is 0 Å². The van der Waals surface area contributed by atoms with E-state index in [9.17, 15) is 9.18 Å². The van der Waals surface area contributed by atoms with Crippen LogP contribution in [0.25, 0.3) is 0 Å². The standard InChI is InChI=1S/C16H19FN2O2/c17-10-1-4-13(14(5-10)21-12-2-3-12)15(20)19-8-16(9-19)6-11(18)7-16/h1,4-5,11-12H,2-3,6-9,18H2. The van der Waals surface area contributed by atoms with Crippen LogP contribution < -0.4 is 10.5 Å². The van der Waals surface area contributed by atoms with Gasteiger partial charge in [0.1, 0.15) is 11.6 Å². The predicted molar refractivity (Wildman–Crippen MR) is 75.6 cm³/mol. The lowest BCUT2D eigenvalue weighted by atomic mass is 9.61. The minimum absolute atomic E-state index is 0.0586. The molecule has 0 bridgehead atoms. The zero-order chi connectivity index (χ0) is 14.6. The maximum atomic E-state index is 13.4. The Hall–Kier alpha value is -1.62. The maximum Gasteiger partial charge on any atom is 0.257 e. The molecule has 4 rings (SSSR count). The van der Waals surface area contributed by atoms with Crippen molar-refractivity contribution in [1.82, 2.24) is 4.90 Å². The van der Waals surface area contributed by atoms with Crippen molar-refractivity contribution in [3.8, 4) is 5.75 Å². The molecule has 21 heavy (non-hydrogen) atoms. The highest BCUT2D eigenvalue weighted by atomic mass is 19.1. The third kappa shape index (κ3) is 2.29. The van der Waals surface area contributed by atoms with E-state index >= 15 is 0 Å². The number of rotatable bonds is 3. The van der Waals surface area contributed by atoms with Gasteiger partial charge in [-0.05, 0) is 37.8 Å². The van der Waals surface area contributed by atoms with Gasteiger partial charge in [-0.15, -0.1) is 0 Å². The minimum atomic E-state index is -0.368. The molecule has 1 aliphatic heterocycles. The van der Waals surface area contributed by atoms with Gasteiger partial charge < -0.3 is 15.4 Å². The summed E-state index contributed by atoms with van der Waals surface area (Å²) in [7, 11) is 0. The van der Waals surface area contributed by atoms with E-state index in [1.807, 2.05) is 4.90 Å². The first-order chi connectivity index (χ1) is 10.0. The molecule has 2 N–H and O–H groups in total. The van der Waals surface area contributed by atoms with E-state index in [2.05, 4.69) is 0 Å². The summed E-state index contributed by atoms with van der Waals surface area (Å²) in [5, 5.41) is 0. The Bertz CT molecular complexity index is 586. The van der Waals surface area contributed by atoms with Gasteiger partial charge in [0.05, 0.1) is 11.7 Å². The van der Waals surface area contributed by atoms with E-state index in [-0.39, 0.29) is 23.2 Å². The summed E-state index contributed by atoms with van der Waals surface area (Å²) in [6.45, 7) is 1.53. The second kappa shape index (κ2) is 4.44. The molecule has 0 radical (unpaired) electrons. The summed E-state index contributed by atoms with van der Waals surface area (Å²) < 4.78 is 19.1. The highest BCUT2D eigenvalue weighted by molar-refractivity contribution is 5.97. The summed E-state index contributed by atoms with van der Waals surface area (Å²) in [6.07, 6.45) is 4.12. The van der Waals surface area contributed by atoms with Gasteiger partial charge in [-0.1, -0.05) is 0 Å². The molecule has 2 aliphatic carbocycles. The number of nitrogens with two attached hydrogens (primary N) is 1. The lowest BCUT2D eigenvalue weighted by Gasteiger charge is -2.58. The van der Waals surface area contributed by atoms with E-state index in [1.165, 1.54) is 18.2 Å². The third-order valence-electron chi connectivity index (χ3n) is 4.72. The minimum Gasteiger partial charge on any atom is -0.489 e. The van der Waals surface area contributed by atoms with Crippen molar-refractivity contribution in [3.05, 3.63) is 29.6 Å². The van der Waals surface area contributed by atoms with Crippen LogP contribution in [0.1, 0.15) is 36.0 Å². The number of nitrogens with zero attached hydrogens (tertiary/aromatic N) is 1. The average molecular weight is 290 g/mol. The van der Waals surface area contributed by atoms with Crippen LogP contribution in [0.5, 0.6) is 5.75 Å². The summed E-state index contributed by atoms with van der Waals surface area (Å²) >= 11 is 0. The Balaban J connectivity index is 1.49. The van der Waals surface area contributed by atoms with Gasteiger partial charge in [0.25, 0.3) is 5.91 Å². The SMILES string of the molecule is NC1CC2(C1)CN(C(=O)c1ccc(F)cc1OC1CC1)C2. The number of benzene rings is 1. The monoisotopic (exact) mass is 290 g/mol. The molecule has 0 atom stereocenters. The topological polar surface area (TPSA) is 55.6 Å². The Morgan fingerprint density at radius 2 is 2.05 bits per heavy atom. The van der Waals surface area contributed by atoms with Crippen molar-refractivity contribution in [3.63, 3.8) is 0 Å². The highest BCUT2D eigenvalue weighted by Gasteiger charge is 2.52. The van der Waals surface area contributed by atoms with E-state index in [1.54, 1.807) is 0 Å². The van der Waals surface area contributed by atoms with Crippen LogP contribution in [0.15, 0.2) is 18.2 Å². The molecule has 1 saturated heterocycles. The Morgan fingerprint density at radius 3 is 2.67 bits per heavy atom. The fourth-order valence-corrected chi connectivity index (χ4v) is 3.52. The predicted octanol–water partition coefficient (Wildman–Crippen LogP) is 1.93. The van der Waals surface area contributed by atoms with Crippen LogP contribution in [-0.4, -0.2) is 36.0 Å². The van der Waals surface area contributed by atoms with Crippen LogP contribution in [0.2, 0.25) is 0 Å². The van der Waals surface area contributed by atoms with Gasteiger partial charge in [0.15, 0.2) is 0 Å². The van der Waals surface area contributed by atoms with Gasteiger partial charge >= 0.3 is 0 Å². The molecule has 1 amide bonds. The Kier molecular flexibility index (Phi) is 2.76. The summed E-state index contributed by atoms with van der Waals surface area (Å²) in [6, 6.07) is 4.47. The lowest BCUT2D eigenvalue weighted by molar-refractivity contribution is -0.0534. The van der Waals surface area contributed by atoms with Crippen LogP contribution in [-0.2, 0) is 0 Å². The molecule has 0 aromatic heterocycles. The van der Waals surface area contributed by atoms with Gasteiger partial charge in [0, 0.05) is 30.6 Å². The number of carbonyl (C=O) groups is 1. The number of hydrogen-bond acceptors (Lipinski definition) is 3. The Labute approximate surface area is 123 Å². The molecule has 3 aliphatic rings. The van der Waals surface area contributed by atoms with Crippen LogP contribution in [0, 0.1) is 11.2 Å². The van der Waals surface area contributed by atoms with E-state index in [4.69, 9.17) is 10.5 Å². The fourth-order valence-electron chi connectivity index (χ4n) is 3.52. The van der Waals surface area contributed by atoms with Gasteiger partial charge in [-0.3, -0.25) is 4.79 Å². The number of hydrogen-bond donors (Lipinski definition) is 1. The maximum absolute atomic E-state index is 13.4. The number of likely N-dealkylation sites (tertiary alicyclic amines) is 1. The number of amides is 1. The molecule has 2 saturated carbocycles. The largest absolute Gasteiger partial charge is 0.489 e. The second-order valence-electron chi connectivity index (χ2n) is 6.79. The van der Waals surface area contributed by atoms with Gasteiger partial charge in [-0.2, -0.15) is 0 Å². The van der Waals surface area contributed by atoms with E-state index in [0.717, 1.165) is 38.8 Å². The van der Waals surface area contributed by atoms with E-state index in [0.29, 0.717) is 17.4 Å². The van der Waals surface area contributed by atoms with Gasteiger partial charge in [0.2, 0.25) is 0 Å². The zero-order valence-corrected chi connectivity index (χ0v) is 11.8. The molecule has 112 valence electrons. The molecule has 1 aromatic rings. The molecule has 1 heterocycles. The first-order valence-electron chi connectivity index (χ1n) is 7.56. The van der Waals surface area contributed by atoms with Crippen LogP contribution in [0.3, 0.4) is 0 Å². The quantitative estimate of drug-likeness (QED) is 0.925. The van der Waals surface area contributed by atoms with Crippen LogP contribution in [0.4, 0.5) is 4.39 Å². The summed E-state index contributed by atoms with van der Waals surface area (Å²) in [5.74, 6) is -0.0437. The first-order valence-corrected chi connectivity index (χ1v) is 7.56. The molecular weight excluding hydrogens is 271 g/mol. The average Bonchev–Trinajstić information content (AvgIpc) is 3.15. The smallest absolute Gasteiger partial charge is 0.257 e. The molecule has 3 fully saturated rings. The molecule has 1 aromatic carbocycles.